The number of nitrogens with zero attached hydrogens (tertiary/aromatic N) is 5. The average molecular weight is 479 g/mol. The third-order valence-electron chi connectivity index (χ3n) is 5.62. The molecule has 36 heavy (non-hydrogen) atoms. The summed E-state index contributed by atoms with van der Waals surface area (Å²) in [5, 5.41) is 12.9. The highest BCUT2D eigenvalue weighted by molar-refractivity contribution is 6.06. The molecule has 0 saturated heterocycles. The Kier molecular flexibility index (Phi) is 6.18. The number of ether oxygens (including phenoxy) is 1. The van der Waals surface area contributed by atoms with Crippen LogP contribution in [0.1, 0.15) is 5.56 Å². The number of aryl methyl sites for hydroxylation is 1. The van der Waals surface area contributed by atoms with Gasteiger partial charge in [0.1, 0.15) is 35.9 Å². The second-order valence-electron chi connectivity index (χ2n) is 8.01. The Balaban J connectivity index is 1.39. The molecular weight excluding hydrogens is 456 g/mol. The minimum Gasteiger partial charge on any atom is -0.457 e. The first-order chi connectivity index (χ1) is 17.5. The lowest BCUT2D eigenvalue weighted by Crippen LogP contribution is -2.24. The number of pyridine rings is 1. The summed E-state index contributed by atoms with van der Waals surface area (Å²) in [4.78, 5) is 26.7. The Morgan fingerprint density at radius 1 is 1.11 bits per heavy atom. The van der Waals surface area contributed by atoms with Gasteiger partial charge in [-0.1, -0.05) is 5.92 Å². The molecule has 0 fully saturated rings. The smallest absolute Gasteiger partial charge is 0.302 e. The van der Waals surface area contributed by atoms with Crippen molar-refractivity contribution < 1.29 is 14.6 Å². The van der Waals surface area contributed by atoms with Crippen molar-refractivity contribution in [2.24, 2.45) is 0 Å². The summed E-state index contributed by atoms with van der Waals surface area (Å²) in [5.41, 5.74) is 3.94. The van der Waals surface area contributed by atoms with Crippen LogP contribution in [-0.2, 0) is 4.79 Å². The van der Waals surface area contributed by atoms with E-state index in [4.69, 9.17) is 9.84 Å². The van der Waals surface area contributed by atoms with E-state index in [1.54, 1.807) is 19.3 Å². The molecule has 178 valence electrons. The van der Waals surface area contributed by atoms with Crippen molar-refractivity contribution in [3.8, 4) is 23.3 Å². The van der Waals surface area contributed by atoms with E-state index in [0.29, 0.717) is 17.3 Å². The highest BCUT2D eigenvalue weighted by Gasteiger charge is 2.12. The first-order valence-corrected chi connectivity index (χ1v) is 11.1. The van der Waals surface area contributed by atoms with Crippen LogP contribution >= 0.6 is 0 Å². The number of rotatable bonds is 5. The number of aromatic nitrogens is 4. The molecule has 2 aromatic carbocycles. The number of aliphatic hydroxyl groups is 1. The van der Waals surface area contributed by atoms with Crippen LogP contribution < -0.4 is 15.0 Å². The van der Waals surface area contributed by atoms with Crippen molar-refractivity contribution in [2.75, 3.05) is 23.9 Å². The van der Waals surface area contributed by atoms with Crippen LogP contribution in [0, 0.1) is 18.8 Å². The second kappa shape index (κ2) is 9.74. The first kappa shape index (κ1) is 22.8. The molecule has 0 saturated carbocycles. The van der Waals surface area contributed by atoms with E-state index in [1.165, 1.54) is 11.2 Å². The SMILES string of the molecule is Cc1cc(Nc2ncnc3ccc(N(C)C(=O)C#CCO)cc23)ccc1Oc1ccn2ccnc2c1. The number of carbonyl (C=O) groups is 1. The van der Waals surface area contributed by atoms with Gasteiger partial charge in [0, 0.05) is 48.5 Å². The molecule has 3 aromatic heterocycles. The maximum Gasteiger partial charge on any atom is 0.302 e. The van der Waals surface area contributed by atoms with Gasteiger partial charge < -0.3 is 24.5 Å². The van der Waals surface area contributed by atoms with Crippen molar-refractivity contribution in [3.63, 3.8) is 0 Å². The summed E-state index contributed by atoms with van der Waals surface area (Å²) < 4.78 is 8.00. The zero-order valence-electron chi connectivity index (χ0n) is 19.6. The van der Waals surface area contributed by atoms with Gasteiger partial charge in [0.25, 0.3) is 0 Å². The molecule has 0 bridgehead atoms. The lowest BCUT2D eigenvalue weighted by atomic mass is 10.1. The maximum absolute atomic E-state index is 12.2. The van der Waals surface area contributed by atoms with Gasteiger partial charge in [-0.05, 0) is 60.9 Å². The van der Waals surface area contributed by atoms with Crippen LogP contribution in [0.2, 0.25) is 0 Å². The number of anilines is 3. The third-order valence-corrected chi connectivity index (χ3v) is 5.62. The Morgan fingerprint density at radius 2 is 2.00 bits per heavy atom. The number of fused-ring (bicyclic) bond motifs is 2. The number of carbonyl (C=O) groups excluding carboxylic acids is 1. The fourth-order valence-electron chi connectivity index (χ4n) is 3.73. The van der Waals surface area contributed by atoms with Crippen molar-refractivity contribution in [3.05, 3.63) is 79.0 Å². The zero-order chi connectivity index (χ0) is 25.1. The molecule has 2 N–H and O–H groups in total. The van der Waals surface area contributed by atoms with E-state index in [0.717, 1.165) is 33.6 Å². The number of nitrogens with one attached hydrogen (secondary N) is 1. The average Bonchev–Trinajstić information content (AvgIpc) is 3.36. The van der Waals surface area contributed by atoms with Gasteiger partial charge in [0.15, 0.2) is 0 Å². The van der Waals surface area contributed by atoms with Gasteiger partial charge in [0.05, 0.1) is 5.52 Å². The van der Waals surface area contributed by atoms with Crippen LogP contribution in [0.4, 0.5) is 17.2 Å². The van der Waals surface area contributed by atoms with Crippen LogP contribution in [0.3, 0.4) is 0 Å². The fourth-order valence-corrected chi connectivity index (χ4v) is 3.73. The van der Waals surface area contributed by atoms with Gasteiger partial charge >= 0.3 is 5.91 Å². The predicted molar refractivity (Wildman–Crippen MR) is 138 cm³/mol. The first-order valence-electron chi connectivity index (χ1n) is 11.1. The van der Waals surface area contributed by atoms with Crippen LogP contribution in [0.25, 0.3) is 16.6 Å². The Morgan fingerprint density at radius 3 is 2.83 bits per heavy atom. The lowest BCUT2D eigenvalue weighted by Gasteiger charge is -2.16. The third kappa shape index (κ3) is 4.66. The molecule has 5 rings (SSSR count). The maximum atomic E-state index is 12.2. The van der Waals surface area contributed by atoms with Gasteiger partial charge in [-0.15, -0.1) is 0 Å². The van der Waals surface area contributed by atoms with Gasteiger partial charge in [0.2, 0.25) is 0 Å². The number of benzene rings is 2. The molecule has 0 aliphatic heterocycles. The van der Waals surface area contributed by atoms with Crippen LogP contribution in [0.5, 0.6) is 11.5 Å². The molecule has 0 aliphatic carbocycles. The number of amides is 1. The molecule has 3 heterocycles. The van der Waals surface area contributed by atoms with Gasteiger partial charge in [-0.3, -0.25) is 4.79 Å². The van der Waals surface area contributed by atoms with Crippen LogP contribution in [-0.4, -0.2) is 44.0 Å². The number of hydrogen-bond donors (Lipinski definition) is 2. The minimum absolute atomic E-state index is 0.373. The van der Waals surface area contributed by atoms with E-state index in [-0.39, 0.29) is 6.61 Å². The highest BCUT2D eigenvalue weighted by atomic mass is 16.5. The van der Waals surface area contributed by atoms with E-state index >= 15 is 0 Å². The quantitative estimate of drug-likeness (QED) is 0.367. The Labute approximate surface area is 207 Å². The molecular formula is C27H22N6O3. The molecule has 0 aliphatic rings. The molecule has 9 heteroatoms. The number of imidazole rings is 1. The summed E-state index contributed by atoms with van der Waals surface area (Å²) in [6, 6.07) is 15.0. The number of hydrogen-bond acceptors (Lipinski definition) is 7. The summed E-state index contributed by atoms with van der Waals surface area (Å²) in [7, 11) is 1.62. The van der Waals surface area contributed by atoms with Crippen molar-refractivity contribution in [2.45, 2.75) is 6.92 Å². The normalized spacial score (nSPS) is 10.6. The lowest BCUT2D eigenvalue weighted by molar-refractivity contribution is -0.113. The molecule has 9 nitrogen and oxygen atoms in total. The van der Waals surface area contributed by atoms with Crippen molar-refractivity contribution in [1.29, 1.82) is 0 Å². The van der Waals surface area contributed by atoms with E-state index in [9.17, 15) is 4.79 Å². The molecule has 5 aromatic rings. The molecule has 1 amide bonds. The monoisotopic (exact) mass is 478 g/mol. The van der Waals surface area contributed by atoms with E-state index in [1.807, 2.05) is 66.2 Å². The Hall–Kier alpha value is -4.94. The number of aliphatic hydroxyl groups excluding tert-OH is 1. The van der Waals surface area contributed by atoms with Gasteiger partial charge in [-0.2, -0.15) is 0 Å². The van der Waals surface area contributed by atoms with E-state index < -0.39 is 5.91 Å². The Bertz CT molecular complexity index is 1650. The second-order valence-corrected chi connectivity index (χ2v) is 8.01. The highest BCUT2D eigenvalue weighted by Crippen LogP contribution is 2.31. The summed E-state index contributed by atoms with van der Waals surface area (Å²) in [6.45, 7) is 1.60. The largest absolute Gasteiger partial charge is 0.457 e. The van der Waals surface area contributed by atoms with E-state index in [2.05, 4.69) is 32.1 Å². The summed E-state index contributed by atoms with van der Waals surface area (Å²) in [5.74, 6) is 6.38. The zero-order valence-corrected chi connectivity index (χ0v) is 19.6. The minimum atomic E-state index is -0.423. The van der Waals surface area contributed by atoms with Gasteiger partial charge in [-0.25, -0.2) is 15.0 Å². The standard InChI is InChI=1S/C27H22N6O3/c1-18-14-19(5-8-24(18)36-21-9-11-33-12-10-28-25(33)16-21)31-27-22-15-20(6-7-23(22)29-17-30-27)32(2)26(35)4-3-13-34/h5-12,14-17,34H,13H2,1-2H3,(H,29,30,31). The fraction of sp³-hybridized carbons (Fsp3) is 0.111. The summed E-state index contributed by atoms with van der Waals surface area (Å²) >= 11 is 0. The van der Waals surface area contributed by atoms with Crippen molar-refractivity contribution >= 4 is 39.6 Å². The van der Waals surface area contributed by atoms with Crippen LogP contribution in [0.15, 0.2) is 73.4 Å². The molecule has 0 spiro atoms. The molecule has 0 radical (unpaired) electrons. The predicted octanol–water partition coefficient (Wildman–Crippen LogP) is 4.08. The molecule has 0 unspecified atom stereocenters. The molecule has 0 atom stereocenters. The summed E-state index contributed by atoms with van der Waals surface area (Å²) in [6.07, 6.45) is 7.02. The topological polar surface area (TPSA) is 105 Å². The van der Waals surface area contributed by atoms with Crippen molar-refractivity contribution in [1.82, 2.24) is 19.4 Å².